The standard InChI is InChI=1S/C18H31N5O/c1-13(2)15(4)22-18(19-5)21-11-16-6-7-20-17(10-16)23-8-9-24-14(3)12-23/h6-7,10,13-15H,8-9,11-12H2,1-5H3,(H2,19,21,22). The molecule has 1 aliphatic rings. The van der Waals surface area contributed by atoms with E-state index in [0.29, 0.717) is 12.0 Å². The molecule has 2 heterocycles. The molecule has 2 rings (SSSR count). The molecule has 0 aliphatic carbocycles. The summed E-state index contributed by atoms with van der Waals surface area (Å²) < 4.78 is 5.60. The highest BCUT2D eigenvalue weighted by Gasteiger charge is 2.18. The Morgan fingerprint density at radius 1 is 1.46 bits per heavy atom. The van der Waals surface area contributed by atoms with Crippen molar-refractivity contribution in [2.75, 3.05) is 31.6 Å². The van der Waals surface area contributed by atoms with Crippen LogP contribution >= 0.6 is 0 Å². The smallest absolute Gasteiger partial charge is 0.191 e. The second-order valence-corrected chi connectivity index (χ2v) is 6.75. The van der Waals surface area contributed by atoms with E-state index in [0.717, 1.165) is 38.0 Å². The molecule has 0 spiro atoms. The number of aromatic nitrogens is 1. The lowest BCUT2D eigenvalue weighted by molar-refractivity contribution is 0.0529. The van der Waals surface area contributed by atoms with Gasteiger partial charge in [0.25, 0.3) is 0 Å². The van der Waals surface area contributed by atoms with E-state index < -0.39 is 0 Å². The van der Waals surface area contributed by atoms with E-state index in [1.54, 1.807) is 7.05 Å². The summed E-state index contributed by atoms with van der Waals surface area (Å²) in [5.41, 5.74) is 1.19. The summed E-state index contributed by atoms with van der Waals surface area (Å²) in [6, 6.07) is 4.56. The van der Waals surface area contributed by atoms with E-state index in [9.17, 15) is 0 Å². The van der Waals surface area contributed by atoms with E-state index in [2.05, 4.69) is 59.3 Å². The summed E-state index contributed by atoms with van der Waals surface area (Å²) in [6.07, 6.45) is 2.13. The molecule has 1 aliphatic heterocycles. The Hall–Kier alpha value is -1.82. The summed E-state index contributed by atoms with van der Waals surface area (Å²) in [5, 5.41) is 6.79. The molecule has 1 fully saturated rings. The van der Waals surface area contributed by atoms with Crippen molar-refractivity contribution < 1.29 is 4.74 Å². The maximum absolute atomic E-state index is 5.60. The third kappa shape index (κ3) is 5.37. The summed E-state index contributed by atoms with van der Waals surface area (Å²) in [4.78, 5) is 11.1. The average molecular weight is 333 g/mol. The Morgan fingerprint density at radius 2 is 2.25 bits per heavy atom. The molecule has 6 nitrogen and oxygen atoms in total. The Kier molecular flexibility index (Phi) is 6.85. The molecule has 1 aromatic rings. The van der Waals surface area contributed by atoms with Gasteiger partial charge in [0.2, 0.25) is 0 Å². The van der Waals surface area contributed by atoms with E-state index in [-0.39, 0.29) is 6.10 Å². The number of hydrogen-bond donors (Lipinski definition) is 2. The van der Waals surface area contributed by atoms with Crippen LogP contribution in [-0.4, -0.2) is 49.8 Å². The zero-order valence-electron chi connectivity index (χ0n) is 15.5. The number of pyridine rings is 1. The number of morpholine rings is 1. The van der Waals surface area contributed by atoms with E-state index >= 15 is 0 Å². The van der Waals surface area contributed by atoms with Gasteiger partial charge in [-0.05, 0) is 37.5 Å². The zero-order valence-corrected chi connectivity index (χ0v) is 15.5. The topological polar surface area (TPSA) is 61.8 Å². The van der Waals surface area contributed by atoms with Gasteiger partial charge >= 0.3 is 0 Å². The third-order valence-corrected chi connectivity index (χ3v) is 4.42. The molecule has 2 atom stereocenters. The molecular weight excluding hydrogens is 302 g/mol. The van der Waals surface area contributed by atoms with E-state index in [1.165, 1.54) is 5.56 Å². The van der Waals surface area contributed by atoms with Crippen LogP contribution in [-0.2, 0) is 11.3 Å². The van der Waals surface area contributed by atoms with E-state index in [1.807, 2.05) is 12.3 Å². The normalized spacial score (nSPS) is 20.2. The minimum Gasteiger partial charge on any atom is -0.375 e. The minimum atomic E-state index is 0.253. The summed E-state index contributed by atoms with van der Waals surface area (Å²) in [7, 11) is 1.80. The van der Waals surface area contributed by atoms with Crippen molar-refractivity contribution in [1.29, 1.82) is 0 Å². The first kappa shape index (κ1) is 18.5. The quantitative estimate of drug-likeness (QED) is 0.638. The van der Waals surface area contributed by atoms with Crippen LogP contribution in [0.3, 0.4) is 0 Å². The summed E-state index contributed by atoms with van der Waals surface area (Å²) in [5.74, 6) is 2.40. The number of nitrogens with one attached hydrogen (secondary N) is 2. The molecule has 0 amide bonds. The van der Waals surface area contributed by atoms with Crippen molar-refractivity contribution in [1.82, 2.24) is 15.6 Å². The molecule has 2 N–H and O–H groups in total. The van der Waals surface area contributed by atoms with Gasteiger partial charge in [-0.2, -0.15) is 0 Å². The average Bonchev–Trinajstić information content (AvgIpc) is 2.58. The van der Waals surface area contributed by atoms with Crippen LogP contribution in [0, 0.1) is 5.92 Å². The van der Waals surface area contributed by atoms with Crippen molar-refractivity contribution >= 4 is 11.8 Å². The number of guanidine groups is 1. The van der Waals surface area contributed by atoms with Gasteiger partial charge in [-0.3, -0.25) is 4.99 Å². The van der Waals surface area contributed by atoms with Crippen LogP contribution in [0.15, 0.2) is 23.3 Å². The molecular formula is C18H31N5O. The number of anilines is 1. The highest BCUT2D eigenvalue weighted by Crippen LogP contribution is 2.16. The predicted molar refractivity (Wildman–Crippen MR) is 99.5 cm³/mol. The van der Waals surface area contributed by atoms with E-state index in [4.69, 9.17) is 4.74 Å². The second-order valence-electron chi connectivity index (χ2n) is 6.75. The lowest BCUT2D eigenvalue weighted by Gasteiger charge is -2.32. The van der Waals surface area contributed by atoms with Crippen LogP contribution in [0.2, 0.25) is 0 Å². The lowest BCUT2D eigenvalue weighted by atomic mass is 10.1. The molecule has 24 heavy (non-hydrogen) atoms. The number of rotatable bonds is 5. The van der Waals surface area contributed by atoms with Crippen molar-refractivity contribution in [3.05, 3.63) is 23.9 Å². The van der Waals surface area contributed by atoms with Crippen LogP contribution in [0.5, 0.6) is 0 Å². The largest absolute Gasteiger partial charge is 0.375 e. The summed E-state index contributed by atoms with van der Waals surface area (Å²) >= 11 is 0. The fourth-order valence-electron chi connectivity index (χ4n) is 2.53. The number of hydrogen-bond acceptors (Lipinski definition) is 4. The maximum atomic E-state index is 5.60. The van der Waals surface area contributed by atoms with Gasteiger partial charge in [0.1, 0.15) is 5.82 Å². The van der Waals surface area contributed by atoms with Gasteiger partial charge in [0.15, 0.2) is 5.96 Å². The lowest BCUT2D eigenvalue weighted by Crippen LogP contribution is -2.44. The summed E-state index contributed by atoms with van der Waals surface area (Å²) in [6.45, 7) is 11.9. The zero-order chi connectivity index (χ0) is 17.5. The molecule has 0 saturated carbocycles. The van der Waals surface area contributed by atoms with Gasteiger partial charge in [-0.1, -0.05) is 13.8 Å². The van der Waals surface area contributed by atoms with Crippen molar-refractivity contribution in [2.24, 2.45) is 10.9 Å². The molecule has 134 valence electrons. The Balaban J connectivity index is 1.94. The van der Waals surface area contributed by atoms with Gasteiger partial charge in [-0.15, -0.1) is 0 Å². The Bertz CT molecular complexity index is 546. The van der Waals surface area contributed by atoms with Gasteiger partial charge in [0, 0.05) is 38.9 Å². The van der Waals surface area contributed by atoms with Crippen LogP contribution in [0.4, 0.5) is 5.82 Å². The molecule has 0 radical (unpaired) electrons. The van der Waals surface area contributed by atoms with Crippen LogP contribution in [0.25, 0.3) is 0 Å². The van der Waals surface area contributed by atoms with Gasteiger partial charge in [-0.25, -0.2) is 4.98 Å². The number of nitrogens with zero attached hydrogens (tertiary/aromatic N) is 3. The Labute approximate surface area is 145 Å². The molecule has 6 heteroatoms. The second kappa shape index (κ2) is 8.87. The SMILES string of the molecule is CN=C(NCc1ccnc(N2CCOC(C)C2)c1)NC(C)C(C)C. The van der Waals surface area contributed by atoms with Crippen molar-refractivity contribution in [2.45, 2.75) is 46.4 Å². The monoisotopic (exact) mass is 333 g/mol. The molecule has 0 bridgehead atoms. The van der Waals surface area contributed by atoms with Crippen LogP contribution < -0.4 is 15.5 Å². The van der Waals surface area contributed by atoms with Crippen molar-refractivity contribution in [3.63, 3.8) is 0 Å². The fraction of sp³-hybridized carbons (Fsp3) is 0.667. The first-order chi connectivity index (χ1) is 11.5. The number of ether oxygens (including phenoxy) is 1. The fourth-order valence-corrected chi connectivity index (χ4v) is 2.53. The van der Waals surface area contributed by atoms with Crippen LogP contribution in [0.1, 0.15) is 33.3 Å². The van der Waals surface area contributed by atoms with Crippen molar-refractivity contribution in [3.8, 4) is 0 Å². The highest BCUT2D eigenvalue weighted by atomic mass is 16.5. The third-order valence-electron chi connectivity index (χ3n) is 4.42. The first-order valence-electron chi connectivity index (χ1n) is 8.78. The van der Waals surface area contributed by atoms with Gasteiger partial charge in [0.05, 0.1) is 12.7 Å². The number of aliphatic imine (C=N–C) groups is 1. The maximum Gasteiger partial charge on any atom is 0.191 e. The highest BCUT2D eigenvalue weighted by molar-refractivity contribution is 5.79. The predicted octanol–water partition coefficient (Wildman–Crippen LogP) is 2.02. The minimum absolute atomic E-state index is 0.253. The molecule has 0 aromatic carbocycles. The molecule has 1 saturated heterocycles. The Morgan fingerprint density at radius 3 is 2.92 bits per heavy atom. The molecule has 1 aromatic heterocycles. The first-order valence-corrected chi connectivity index (χ1v) is 8.78. The van der Waals surface area contributed by atoms with Gasteiger partial charge < -0.3 is 20.3 Å². The molecule has 2 unspecified atom stereocenters.